The van der Waals surface area contributed by atoms with Crippen molar-refractivity contribution < 1.29 is 9.90 Å². The van der Waals surface area contributed by atoms with Gasteiger partial charge in [-0.05, 0) is 48.4 Å². The van der Waals surface area contributed by atoms with Crippen LogP contribution in [0.2, 0.25) is 0 Å². The Morgan fingerprint density at radius 1 is 1.00 bits per heavy atom. The minimum atomic E-state index is -0.891. The molecule has 2 N–H and O–H groups in total. The van der Waals surface area contributed by atoms with E-state index in [1.807, 2.05) is 24.3 Å². The molecule has 0 bridgehead atoms. The number of benzene rings is 1. The Labute approximate surface area is 136 Å². The highest BCUT2D eigenvalue weighted by molar-refractivity contribution is 5.87. The molecule has 0 amide bonds. The van der Waals surface area contributed by atoms with Crippen LogP contribution in [0.3, 0.4) is 0 Å². The van der Waals surface area contributed by atoms with E-state index in [1.165, 1.54) is 5.56 Å². The number of nitrogens with zero attached hydrogens (tertiary/aromatic N) is 1. The SMILES string of the molecule is Cl.Cl.O=C(O)c1ccc(CNCCc2ccncc2)cc1. The zero-order chi connectivity index (χ0) is 13.5. The third-order valence-corrected chi connectivity index (χ3v) is 2.87. The number of carbonyl (C=O) groups is 1. The third-order valence-electron chi connectivity index (χ3n) is 2.87. The first-order valence-corrected chi connectivity index (χ1v) is 6.17. The molecule has 0 aliphatic rings. The number of carboxylic acids is 1. The van der Waals surface area contributed by atoms with Crippen LogP contribution in [0.25, 0.3) is 0 Å². The summed E-state index contributed by atoms with van der Waals surface area (Å²) in [5, 5.41) is 12.1. The molecule has 0 aliphatic carbocycles. The van der Waals surface area contributed by atoms with Crippen LogP contribution in [0.1, 0.15) is 21.5 Å². The van der Waals surface area contributed by atoms with Gasteiger partial charge in [-0.15, -0.1) is 24.8 Å². The quantitative estimate of drug-likeness (QED) is 0.800. The fourth-order valence-electron chi connectivity index (χ4n) is 1.78. The van der Waals surface area contributed by atoms with Crippen molar-refractivity contribution in [3.05, 3.63) is 65.5 Å². The average Bonchev–Trinajstić information content (AvgIpc) is 2.45. The molecule has 0 radical (unpaired) electrons. The summed E-state index contributed by atoms with van der Waals surface area (Å²) in [7, 11) is 0. The fraction of sp³-hybridized carbons (Fsp3) is 0.200. The van der Waals surface area contributed by atoms with Gasteiger partial charge in [0.05, 0.1) is 5.56 Å². The number of aromatic nitrogens is 1. The van der Waals surface area contributed by atoms with E-state index >= 15 is 0 Å². The van der Waals surface area contributed by atoms with E-state index in [0.717, 1.165) is 25.1 Å². The van der Waals surface area contributed by atoms with Crippen LogP contribution in [-0.4, -0.2) is 22.6 Å². The van der Waals surface area contributed by atoms with E-state index in [0.29, 0.717) is 5.56 Å². The monoisotopic (exact) mass is 328 g/mol. The molecule has 2 rings (SSSR count). The molecular weight excluding hydrogens is 311 g/mol. The van der Waals surface area contributed by atoms with Crippen LogP contribution < -0.4 is 5.32 Å². The Kier molecular flexibility index (Phi) is 9.37. The van der Waals surface area contributed by atoms with Crippen molar-refractivity contribution in [1.29, 1.82) is 0 Å². The third kappa shape index (κ3) is 6.58. The Morgan fingerprint density at radius 3 is 2.19 bits per heavy atom. The number of hydrogen-bond donors (Lipinski definition) is 2. The van der Waals surface area contributed by atoms with Crippen LogP contribution in [0.5, 0.6) is 0 Å². The molecule has 4 nitrogen and oxygen atoms in total. The molecular formula is C15H18Cl2N2O2. The number of halogens is 2. The van der Waals surface area contributed by atoms with Gasteiger partial charge in [-0.3, -0.25) is 4.98 Å². The lowest BCUT2D eigenvalue weighted by Crippen LogP contribution is -2.16. The zero-order valence-electron chi connectivity index (χ0n) is 11.4. The maximum absolute atomic E-state index is 10.7. The summed E-state index contributed by atoms with van der Waals surface area (Å²) in [5.41, 5.74) is 2.66. The molecule has 1 aromatic heterocycles. The van der Waals surface area contributed by atoms with Crippen LogP contribution in [0, 0.1) is 0 Å². The second-order valence-electron chi connectivity index (χ2n) is 4.28. The molecule has 0 unspecified atom stereocenters. The van der Waals surface area contributed by atoms with E-state index < -0.39 is 5.97 Å². The Morgan fingerprint density at radius 2 is 1.62 bits per heavy atom. The predicted octanol–water partition coefficient (Wildman–Crippen LogP) is 2.96. The van der Waals surface area contributed by atoms with Gasteiger partial charge in [0.2, 0.25) is 0 Å². The van der Waals surface area contributed by atoms with Gasteiger partial charge in [0.15, 0.2) is 0 Å². The fourth-order valence-corrected chi connectivity index (χ4v) is 1.78. The van der Waals surface area contributed by atoms with Crippen LogP contribution in [0.15, 0.2) is 48.8 Å². The van der Waals surface area contributed by atoms with E-state index in [-0.39, 0.29) is 24.8 Å². The Hall–Kier alpha value is -1.62. The molecule has 6 heteroatoms. The number of carboxylic acid groups (broad SMARTS) is 1. The summed E-state index contributed by atoms with van der Waals surface area (Å²) in [6.45, 7) is 1.62. The molecule has 0 saturated heterocycles. The van der Waals surface area contributed by atoms with Crippen molar-refractivity contribution >= 4 is 30.8 Å². The van der Waals surface area contributed by atoms with Crippen molar-refractivity contribution in [2.75, 3.05) is 6.54 Å². The molecule has 114 valence electrons. The minimum Gasteiger partial charge on any atom is -0.478 e. The van der Waals surface area contributed by atoms with Gasteiger partial charge in [-0.25, -0.2) is 4.79 Å². The van der Waals surface area contributed by atoms with Crippen molar-refractivity contribution in [1.82, 2.24) is 10.3 Å². The lowest BCUT2D eigenvalue weighted by molar-refractivity contribution is 0.0697. The van der Waals surface area contributed by atoms with E-state index in [4.69, 9.17) is 5.11 Å². The normalized spacial score (nSPS) is 9.33. The van der Waals surface area contributed by atoms with E-state index in [2.05, 4.69) is 10.3 Å². The second kappa shape index (κ2) is 10.2. The van der Waals surface area contributed by atoms with Gasteiger partial charge in [0.1, 0.15) is 0 Å². The van der Waals surface area contributed by atoms with Crippen LogP contribution in [-0.2, 0) is 13.0 Å². The highest BCUT2D eigenvalue weighted by Crippen LogP contribution is 2.04. The number of rotatable bonds is 6. The van der Waals surface area contributed by atoms with Gasteiger partial charge >= 0.3 is 5.97 Å². The molecule has 1 heterocycles. The second-order valence-corrected chi connectivity index (χ2v) is 4.28. The van der Waals surface area contributed by atoms with Crippen LogP contribution in [0.4, 0.5) is 0 Å². The lowest BCUT2D eigenvalue weighted by Gasteiger charge is -2.05. The maximum atomic E-state index is 10.7. The van der Waals surface area contributed by atoms with Gasteiger partial charge in [-0.2, -0.15) is 0 Å². The molecule has 2 aromatic rings. The number of aromatic carboxylic acids is 1. The zero-order valence-corrected chi connectivity index (χ0v) is 13.0. The van der Waals surface area contributed by atoms with Gasteiger partial charge in [0, 0.05) is 18.9 Å². The minimum absolute atomic E-state index is 0. The highest BCUT2D eigenvalue weighted by Gasteiger charge is 2.01. The Balaban J connectivity index is 0.00000200. The maximum Gasteiger partial charge on any atom is 0.335 e. The lowest BCUT2D eigenvalue weighted by atomic mass is 10.1. The summed E-state index contributed by atoms with van der Waals surface area (Å²) in [6.07, 6.45) is 4.54. The van der Waals surface area contributed by atoms with E-state index in [1.54, 1.807) is 24.5 Å². The summed E-state index contributed by atoms with van der Waals surface area (Å²) >= 11 is 0. The van der Waals surface area contributed by atoms with Crippen molar-refractivity contribution in [3.63, 3.8) is 0 Å². The summed E-state index contributed by atoms with van der Waals surface area (Å²) < 4.78 is 0. The van der Waals surface area contributed by atoms with E-state index in [9.17, 15) is 4.79 Å². The van der Waals surface area contributed by atoms with Crippen molar-refractivity contribution in [2.45, 2.75) is 13.0 Å². The molecule has 21 heavy (non-hydrogen) atoms. The average molecular weight is 329 g/mol. The smallest absolute Gasteiger partial charge is 0.335 e. The molecule has 0 spiro atoms. The van der Waals surface area contributed by atoms with Crippen molar-refractivity contribution in [2.24, 2.45) is 0 Å². The number of nitrogens with one attached hydrogen (secondary N) is 1. The number of pyridine rings is 1. The first-order valence-electron chi connectivity index (χ1n) is 6.17. The van der Waals surface area contributed by atoms with Gasteiger partial charge in [-0.1, -0.05) is 12.1 Å². The predicted molar refractivity (Wildman–Crippen MR) is 87.5 cm³/mol. The standard InChI is InChI=1S/C15H16N2O2.2ClH/c18-15(19)14-3-1-13(2-4-14)11-17-10-7-12-5-8-16-9-6-12;;/h1-6,8-9,17H,7,10-11H2,(H,18,19);2*1H. The molecule has 0 aliphatic heterocycles. The van der Waals surface area contributed by atoms with Gasteiger partial charge in [0.25, 0.3) is 0 Å². The van der Waals surface area contributed by atoms with Crippen LogP contribution >= 0.6 is 24.8 Å². The van der Waals surface area contributed by atoms with Crippen molar-refractivity contribution in [3.8, 4) is 0 Å². The highest BCUT2D eigenvalue weighted by atomic mass is 35.5. The molecule has 0 saturated carbocycles. The van der Waals surface area contributed by atoms with Gasteiger partial charge < -0.3 is 10.4 Å². The molecule has 0 fully saturated rings. The summed E-state index contributed by atoms with van der Waals surface area (Å²) in [5.74, 6) is -0.891. The largest absolute Gasteiger partial charge is 0.478 e. The molecule has 0 atom stereocenters. The first-order chi connectivity index (χ1) is 9.25. The first kappa shape index (κ1) is 19.4. The Bertz CT molecular complexity index is 533. The topological polar surface area (TPSA) is 62.2 Å². The summed E-state index contributed by atoms with van der Waals surface area (Å²) in [6, 6.07) is 10.9. The summed E-state index contributed by atoms with van der Waals surface area (Å²) in [4.78, 5) is 14.7. The number of hydrogen-bond acceptors (Lipinski definition) is 3. The molecule has 1 aromatic carbocycles.